The molecule has 20 heavy (non-hydrogen) atoms. The lowest BCUT2D eigenvalue weighted by molar-refractivity contribution is 0.111. The number of oxazole rings is 1. The fourth-order valence-corrected chi connectivity index (χ4v) is 2.98. The molecule has 0 aromatic carbocycles. The van der Waals surface area contributed by atoms with E-state index < -0.39 is 0 Å². The van der Waals surface area contributed by atoms with Crippen molar-refractivity contribution in [3.05, 3.63) is 23.9 Å². The minimum absolute atomic E-state index is 0.103. The second-order valence-electron chi connectivity index (χ2n) is 4.36. The van der Waals surface area contributed by atoms with Crippen LogP contribution in [0.3, 0.4) is 0 Å². The van der Waals surface area contributed by atoms with Crippen molar-refractivity contribution in [1.29, 1.82) is 0 Å². The van der Waals surface area contributed by atoms with Crippen LogP contribution in [0.4, 0.5) is 0 Å². The SMILES string of the molecule is c1nc(-c2noc(-c3cnc(C4CCCO4)s3)n2)co1. The first-order valence-corrected chi connectivity index (χ1v) is 7.02. The van der Waals surface area contributed by atoms with E-state index in [1.165, 1.54) is 24.0 Å². The Hall–Kier alpha value is -2.06. The van der Waals surface area contributed by atoms with Crippen LogP contribution in [0, 0.1) is 0 Å². The standard InChI is InChI=1S/C12H10N4O3S/c1-2-8(18-3-1)12-13-4-9(20-12)11-15-10(16-19-11)7-5-17-6-14-7/h4-6,8H,1-3H2. The van der Waals surface area contributed by atoms with Gasteiger partial charge in [0.1, 0.15) is 27.9 Å². The van der Waals surface area contributed by atoms with Crippen LogP contribution >= 0.6 is 11.3 Å². The van der Waals surface area contributed by atoms with Gasteiger partial charge in [-0.2, -0.15) is 4.98 Å². The third kappa shape index (κ3) is 2.02. The maximum atomic E-state index is 5.61. The summed E-state index contributed by atoms with van der Waals surface area (Å²) in [5, 5.41) is 4.84. The average molecular weight is 290 g/mol. The van der Waals surface area contributed by atoms with Gasteiger partial charge in [-0.05, 0) is 12.8 Å². The number of hydrogen-bond donors (Lipinski definition) is 0. The van der Waals surface area contributed by atoms with E-state index >= 15 is 0 Å². The Morgan fingerprint density at radius 1 is 1.30 bits per heavy atom. The Balaban J connectivity index is 1.61. The molecule has 0 radical (unpaired) electrons. The smallest absolute Gasteiger partial charge is 0.270 e. The molecule has 0 saturated carbocycles. The summed E-state index contributed by atoms with van der Waals surface area (Å²) in [5.74, 6) is 0.838. The molecule has 4 rings (SSSR count). The highest BCUT2D eigenvalue weighted by atomic mass is 32.1. The van der Waals surface area contributed by atoms with Gasteiger partial charge in [-0.1, -0.05) is 5.16 Å². The maximum Gasteiger partial charge on any atom is 0.270 e. The van der Waals surface area contributed by atoms with Gasteiger partial charge in [-0.3, -0.25) is 0 Å². The molecule has 0 N–H and O–H groups in total. The van der Waals surface area contributed by atoms with Crippen molar-refractivity contribution in [2.45, 2.75) is 18.9 Å². The van der Waals surface area contributed by atoms with Crippen molar-refractivity contribution in [2.24, 2.45) is 0 Å². The quantitative estimate of drug-likeness (QED) is 0.732. The van der Waals surface area contributed by atoms with Gasteiger partial charge in [-0.15, -0.1) is 11.3 Å². The Kier molecular flexibility index (Phi) is 2.82. The zero-order chi connectivity index (χ0) is 13.4. The first-order chi connectivity index (χ1) is 9.90. The molecule has 7 nitrogen and oxygen atoms in total. The molecule has 3 aromatic heterocycles. The molecule has 0 spiro atoms. The zero-order valence-corrected chi connectivity index (χ0v) is 11.2. The molecular weight excluding hydrogens is 280 g/mol. The first kappa shape index (κ1) is 11.7. The summed E-state index contributed by atoms with van der Waals surface area (Å²) in [6.07, 6.45) is 6.73. The second-order valence-corrected chi connectivity index (χ2v) is 5.42. The van der Waals surface area contributed by atoms with E-state index in [0.29, 0.717) is 17.4 Å². The summed E-state index contributed by atoms with van der Waals surface area (Å²) < 4.78 is 15.7. The van der Waals surface area contributed by atoms with Crippen LogP contribution < -0.4 is 0 Å². The van der Waals surface area contributed by atoms with E-state index in [9.17, 15) is 0 Å². The number of thiazole rings is 1. The number of hydrogen-bond acceptors (Lipinski definition) is 8. The lowest BCUT2D eigenvalue weighted by atomic mass is 10.2. The van der Waals surface area contributed by atoms with Gasteiger partial charge in [0, 0.05) is 6.61 Å². The highest BCUT2D eigenvalue weighted by Gasteiger charge is 2.22. The molecule has 1 fully saturated rings. The van der Waals surface area contributed by atoms with Crippen LogP contribution in [-0.2, 0) is 4.74 Å². The Morgan fingerprint density at radius 2 is 2.30 bits per heavy atom. The number of rotatable bonds is 3. The lowest BCUT2D eigenvalue weighted by Crippen LogP contribution is -1.93. The number of nitrogens with zero attached hydrogens (tertiary/aromatic N) is 4. The zero-order valence-electron chi connectivity index (χ0n) is 10.4. The summed E-state index contributed by atoms with van der Waals surface area (Å²) in [7, 11) is 0. The van der Waals surface area contributed by atoms with Gasteiger partial charge in [0.05, 0.1) is 6.20 Å². The molecule has 1 unspecified atom stereocenters. The van der Waals surface area contributed by atoms with Crippen LogP contribution in [0.2, 0.25) is 0 Å². The van der Waals surface area contributed by atoms with Crippen molar-refractivity contribution < 1.29 is 13.7 Å². The average Bonchev–Trinajstić information content (AvgIpc) is 3.22. The third-order valence-electron chi connectivity index (χ3n) is 3.03. The molecule has 0 bridgehead atoms. The largest absolute Gasteiger partial charge is 0.451 e. The Morgan fingerprint density at radius 3 is 3.10 bits per heavy atom. The van der Waals surface area contributed by atoms with Crippen LogP contribution in [0.15, 0.2) is 27.8 Å². The number of ether oxygens (including phenoxy) is 1. The molecule has 4 heterocycles. The molecule has 102 valence electrons. The van der Waals surface area contributed by atoms with E-state index in [1.54, 1.807) is 6.20 Å². The van der Waals surface area contributed by atoms with Crippen molar-refractivity contribution in [2.75, 3.05) is 6.61 Å². The number of aromatic nitrogens is 4. The minimum atomic E-state index is 0.103. The monoisotopic (exact) mass is 290 g/mol. The second kappa shape index (κ2) is 4.80. The van der Waals surface area contributed by atoms with Gasteiger partial charge in [0.25, 0.3) is 5.89 Å². The third-order valence-corrected chi connectivity index (χ3v) is 4.10. The van der Waals surface area contributed by atoms with E-state index in [4.69, 9.17) is 13.7 Å². The molecule has 1 aliphatic rings. The molecule has 0 amide bonds. The first-order valence-electron chi connectivity index (χ1n) is 6.20. The summed E-state index contributed by atoms with van der Waals surface area (Å²) >= 11 is 1.52. The molecule has 1 atom stereocenters. The predicted octanol–water partition coefficient (Wildman–Crippen LogP) is 2.70. The maximum absolute atomic E-state index is 5.61. The molecule has 1 saturated heterocycles. The van der Waals surface area contributed by atoms with Gasteiger partial charge in [-0.25, -0.2) is 9.97 Å². The van der Waals surface area contributed by atoms with Crippen LogP contribution in [0.5, 0.6) is 0 Å². The summed E-state index contributed by atoms with van der Waals surface area (Å²) in [5.41, 5.74) is 0.545. The minimum Gasteiger partial charge on any atom is -0.451 e. The van der Waals surface area contributed by atoms with Gasteiger partial charge in [0.2, 0.25) is 5.82 Å². The Bertz CT molecular complexity index is 700. The molecule has 0 aliphatic carbocycles. The van der Waals surface area contributed by atoms with E-state index in [-0.39, 0.29) is 6.10 Å². The summed E-state index contributed by atoms with van der Waals surface area (Å²) in [4.78, 5) is 13.5. The van der Waals surface area contributed by atoms with Crippen molar-refractivity contribution in [3.63, 3.8) is 0 Å². The van der Waals surface area contributed by atoms with Gasteiger partial charge < -0.3 is 13.7 Å². The topological polar surface area (TPSA) is 87.1 Å². The fraction of sp³-hybridized carbons (Fsp3) is 0.333. The molecular formula is C12H10N4O3S. The van der Waals surface area contributed by atoms with E-state index in [1.807, 2.05) is 0 Å². The van der Waals surface area contributed by atoms with Crippen LogP contribution in [0.25, 0.3) is 22.3 Å². The van der Waals surface area contributed by atoms with Crippen molar-refractivity contribution in [1.82, 2.24) is 20.1 Å². The Labute approximate surface area is 117 Å². The summed E-state index contributed by atoms with van der Waals surface area (Å²) in [6, 6.07) is 0. The van der Waals surface area contributed by atoms with Gasteiger partial charge >= 0.3 is 0 Å². The highest BCUT2D eigenvalue weighted by molar-refractivity contribution is 7.15. The predicted molar refractivity (Wildman–Crippen MR) is 68.8 cm³/mol. The molecule has 1 aliphatic heterocycles. The van der Waals surface area contributed by atoms with Crippen LogP contribution in [-0.4, -0.2) is 26.7 Å². The highest BCUT2D eigenvalue weighted by Crippen LogP contribution is 2.34. The molecule has 3 aromatic rings. The molecule has 8 heteroatoms. The van der Waals surface area contributed by atoms with Gasteiger partial charge in [0.15, 0.2) is 6.39 Å². The van der Waals surface area contributed by atoms with Crippen molar-refractivity contribution in [3.8, 4) is 22.3 Å². The summed E-state index contributed by atoms with van der Waals surface area (Å²) in [6.45, 7) is 0.802. The van der Waals surface area contributed by atoms with Crippen LogP contribution in [0.1, 0.15) is 24.0 Å². The van der Waals surface area contributed by atoms with E-state index in [2.05, 4.69) is 20.1 Å². The van der Waals surface area contributed by atoms with Crippen molar-refractivity contribution >= 4 is 11.3 Å². The fourth-order valence-electron chi connectivity index (χ4n) is 2.06. The lowest BCUT2D eigenvalue weighted by Gasteiger charge is -2.02. The van der Waals surface area contributed by atoms with E-state index in [0.717, 1.165) is 29.3 Å². The normalized spacial score (nSPS) is 18.7.